The Bertz CT molecular complexity index is 1000. The summed E-state index contributed by atoms with van der Waals surface area (Å²) in [6, 6.07) is 9.03. The van der Waals surface area contributed by atoms with Gasteiger partial charge < -0.3 is 36.9 Å². The minimum absolute atomic E-state index is 0. The summed E-state index contributed by atoms with van der Waals surface area (Å²) in [4.78, 5) is 16.8. The predicted octanol–water partition coefficient (Wildman–Crippen LogP) is 1.38. The van der Waals surface area contributed by atoms with Crippen molar-refractivity contribution in [3.05, 3.63) is 48.0 Å². The summed E-state index contributed by atoms with van der Waals surface area (Å²) < 4.78 is 2.37. The molecule has 35 heavy (non-hydrogen) atoms. The Hall–Kier alpha value is -1.76. The van der Waals surface area contributed by atoms with Crippen LogP contribution in [0.2, 0.25) is 0 Å². The van der Waals surface area contributed by atoms with Crippen molar-refractivity contribution < 1.29 is 16.4 Å². The summed E-state index contributed by atoms with van der Waals surface area (Å²) in [5.41, 5.74) is 10.1. The fourth-order valence-electron chi connectivity index (χ4n) is 4.83. The van der Waals surface area contributed by atoms with E-state index < -0.39 is 0 Å². The van der Waals surface area contributed by atoms with Gasteiger partial charge in [-0.2, -0.15) is 0 Å². The summed E-state index contributed by atoms with van der Waals surface area (Å²) in [5.74, 6) is 0.965. The van der Waals surface area contributed by atoms with E-state index in [1.165, 1.54) is 5.52 Å². The highest BCUT2D eigenvalue weighted by Gasteiger charge is 2.29. The van der Waals surface area contributed by atoms with E-state index in [9.17, 15) is 0 Å². The van der Waals surface area contributed by atoms with Crippen LogP contribution in [-0.4, -0.2) is 73.1 Å². The number of likely N-dealkylation sites (tertiary alicyclic amines) is 1. The SMILES string of the molecule is Cl.Cl.Cl.NCCN1CCC(Nc2nc3ccccc3n2C2CCCc3nccnc32)CC1.O.O.O. The average Bonchev–Trinajstić information content (AvgIpc) is 3.12. The van der Waals surface area contributed by atoms with Crippen LogP contribution in [0.1, 0.15) is 43.1 Å². The molecule has 1 unspecified atom stereocenters. The molecule has 3 heterocycles. The normalized spacial score (nSPS) is 17.1. The summed E-state index contributed by atoms with van der Waals surface area (Å²) in [5, 5.41) is 3.78. The third-order valence-electron chi connectivity index (χ3n) is 6.29. The first kappa shape index (κ1) is 35.4. The fraction of sp³-hybridized carbons (Fsp3) is 0.500. The second kappa shape index (κ2) is 16.1. The Kier molecular flexibility index (Phi) is 16.3. The van der Waals surface area contributed by atoms with E-state index in [-0.39, 0.29) is 59.7 Å². The lowest BCUT2D eigenvalue weighted by molar-refractivity contribution is 0.224. The zero-order valence-corrected chi connectivity index (χ0v) is 22.0. The van der Waals surface area contributed by atoms with Crippen LogP contribution >= 0.6 is 37.2 Å². The van der Waals surface area contributed by atoms with Crippen LogP contribution in [0.5, 0.6) is 0 Å². The Morgan fingerprint density at radius 2 is 1.63 bits per heavy atom. The largest absolute Gasteiger partial charge is 0.412 e. The van der Waals surface area contributed by atoms with Gasteiger partial charge in [0.25, 0.3) is 0 Å². The van der Waals surface area contributed by atoms with Crippen LogP contribution in [0.4, 0.5) is 5.95 Å². The number of anilines is 1. The lowest BCUT2D eigenvalue weighted by atomic mass is 9.95. The minimum atomic E-state index is 0. The maximum absolute atomic E-state index is 5.72. The number of aromatic nitrogens is 4. The van der Waals surface area contributed by atoms with Crippen molar-refractivity contribution >= 4 is 54.2 Å². The van der Waals surface area contributed by atoms with E-state index in [4.69, 9.17) is 15.7 Å². The molecule has 1 saturated heterocycles. The number of hydrogen-bond donors (Lipinski definition) is 2. The Morgan fingerprint density at radius 3 is 2.34 bits per heavy atom. The second-order valence-corrected chi connectivity index (χ2v) is 8.14. The van der Waals surface area contributed by atoms with Crippen molar-refractivity contribution in [1.82, 2.24) is 24.4 Å². The first-order chi connectivity index (χ1) is 14.3. The molecule has 0 radical (unpaired) electrons. The summed E-state index contributed by atoms with van der Waals surface area (Å²) in [6.07, 6.45) is 9.05. The highest BCUT2D eigenvalue weighted by molar-refractivity contribution is 5.86. The van der Waals surface area contributed by atoms with Crippen LogP contribution in [0.25, 0.3) is 11.0 Å². The zero-order valence-electron chi connectivity index (χ0n) is 19.5. The molecule has 3 aromatic rings. The van der Waals surface area contributed by atoms with Gasteiger partial charge in [-0.05, 0) is 44.2 Å². The first-order valence-corrected chi connectivity index (χ1v) is 10.8. The predicted molar refractivity (Wildman–Crippen MR) is 148 cm³/mol. The lowest BCUT2D eigenvalue weighted by Gasteiger charge is -2.33. The molecule has 1 atom stereocenters. The van der Waals surface area contributed by atoms with Gasteiger partial charge in [0.15, 0.2) is 0 Å². The van der Waals surface area contributed by atoms with Crippen molar-refractivity contribution in [2.24, 2.45) is 5.73 Å². The molecule has 2 aromatic heterocycles. The molecule has 200 valence electrons. The van der Waals surface area contributed by atoms with Crippen molar-refractivity contribution in [2.75, 3.05) is 31.5 Å². The molecule has 0 bridgehead atoms. The number of benzene rings is 1. The first-order valence-electron chi connectivity index (χ1n) is 10.8. The molecule has 9 N–H and O–H groups in total. The van der Waals surface area contributed by atoms with Crippen molar-refractivity contribution in [3.63, 3.8) is 0 Å². The molecular weight excluding hydrogens is 517 g/mol. The fourth-order valence-corrected chi connectivity index (χ4v) is 4.83. The van der Waals surface area contributed by atoms with Crippen molar-refractivity contribution in [1.29, 1.82) is 0 Å². The molecular formula is C22H38Cl3N7O3. The smallest absolute Gasteiger partial charge is 0.204 e. The van der Waals surface area contributed by atoms with Crippen molar-refractivity contribution in [3.8, 4) is 0 Å². The molecule has 0 amide bonds. The van der Waals surface area contributed by atoms with Crippen LogP contribution in [0.15, 0.2) is 36.7 Å². The second-order valence-electron chi connectivity index (χ2n) is 8.14. The molecule has 13 heteroatoms. The van der Waals surface area contributed by atoms with Gasteiger partial charge in [0.1, 0.15) is 0 Å². The molecule has 0 spiro atoms. The summed E-state index contributed by atoms with van der Waals surface area (Å²) >= 11 is 0. The van der Waals surface area contributed by atoms with Gasteiger partial charge in [0, 0.05) is 44.6 Å². The molecule has 0 saturated carbocycles. The van der Waals surface area contributed by atoms with Gasteiger partial charge in [-0.1, -0.05) is 12.1 Å². The number of aryl methyl sites for hydroxylation is 1. The van der Waals surface area contributed by atoms with Gasteiger partial charge >= 0.3 is 0 Å². The maximum Gasteiger partial charge on any atom is 0.204 e. The summed E-state index contributed by atoms with van der Waals surface area (Å²) in [6.45, 7) is 3.90. The number of halogens is 3. The third kappa shape index (κ3) is 7.37. The lowest BCUT2D eigenvalue weighted by Crippen LogP contribution is -2.41. The Labute approximate surface area is 224 Å². The Morgan fingerprint density at radius 1 is 0.943 bits per heavy atom. The molecule has 5 rings (SSSR count). The van der Waals surface area contributed by atoms with Gasteiger partial charge in [0.2, 0.25) is 5.95 Å². The van der Waals surface area contributed by atoms with E-state index in [0.29, 0.717) is 6.04 Å². The molecule has 2 aliphatic rings. The molecule has 1 aliphatic carbocycles. The monoisotopic (exact) mass is 553 g/mol. The zero-order chi connectivity index (χ0) is 19.6. The number of imidazole rings is 1. The molecule has 10 nitrogen and oxygen atoms in total. The Balaban J connectivity index is 0. The number of nitrogens with zero attached hydrogens (tertiary/aromatic N) is 5. The van der Waals surface area contributed by atoms with E-state index in [2.05, 4.69) is 44.0 Å². The van der Waals surface area contributed by atoms with E-state index >= 15 is 0 Å². The standard InChI is InChI=1S/C22H29N7.3ClH.3H2O/c23-10-15-28-13-8-16(9-14-28)26-22-27-17-4-1-2-6-19(17)29(22)20-7-3-5-18-21(20)25-12-11-24-18;;;;;;/h1-2,4,6,11-12,16,20H,3,5,7-10,13-15,23H2,(H,26,27);3*1H;3*1H2. The number of rotatable bonds is 5. The molecule has 1 aromatic carbocycles. The highest BCUT2D eigenvalue weighted by atomic mass is 35.5. The van der Waals surface area contributed by atoms with Gasteiger partial charge in [-0.25, -0.2) is 4.98 Å². The number of para-hydroxylation sites is 2. The van der Waals surface area contributed by atoms with E-state index in [0.717, 1.165) is 81.1 Å². The topological polar surface area (TPSA) is 179 Å². The van der Waals surface area contributed by atoms with Gasteiger partial charge in [-0.15, -0.1) is 37.2 Å². The number of fused-ring (bicyclic) bond motifs is 2. The number of nitrogens with one attached hydrogen (secondary N) is 1. The van der Waals surface area contributed by atoms with E-state index in [1.807, 2.05) is 12.4 Å². The quantitative estimate of drug-likeness (QED) is 0.480. The van der Waals surface area contributed by atoms with Crippen LogP contribution in [0, 0.1) is 0 Å². The number of hydrogen-bond acceptors (Lipinski definition) is 6. The molecule has 1 fully saturated rings. The van der Waals surface area contributed by atoms with Gasteiger partial charge in [-0.3, -0.25) is 9.97 Å². The maximum atomic E-state index is 5.72. The molecule has 1 aliphatic heterocycles. The minimum Gasteiger partial charge on any atom is -0.412 e. The highest BCUT2D eigenvalue weighted by Crippen LogP contribution is 2.36. The third-order valence-corrected chi connectivity index (χ3v) is 6.29. The number of piperidine rings is 1. The average molecular weight is 555 g/mol. The van der Waals surface area contributed by atoms with Gasteiger partial charge in [0.05, 0.1) is 28.5 Å². The van der Waals surface area contributed by atoms with E-state index in [1.54, 1.807) is 0 Å². The van der Waals surface area contributed by atoms with Crippen LogP contribution < -0.4 is 11.1 Å². The summed E-state index contributed by atoms with van der Waals surface area (Å²) in [7, 11) is 0. The van der Waals surface area contributed by atoms with Crippen molar-refractivity contribution in [2.45, 2.75) is 44.2 Å². The van der Waals surface area contributed by atoms with Crippen LogP contribution in [-0.2, 0) is 6.42 Å². The van der Waals surface area contributed by atoms with Crippen LogP contribution in [0.3, 0.4) is 0 Å². The number of nitrogens with two attached hydrogens (primary N) is 1.